The van der Waals surface area contributed by atoms with E-state index in [-0.39, 0.29) is 10.7 Å². The van der Waals surface area contributed by atoms with Crippen LogP contribution in [0.4, 0.5) is 11.4 Å². The monoisotopic (exact) mass is 402 g/mol. The minimum Gasteiger partial charge on any atom is -0.452 e. The Morgan fingerprint density at radius 3 is 2.50 bits per heavy atom. The van der Waals surface area contributed by atoms with Crippen molar-refractivity contribution in [1.82, 2.24) is 9.88 Å². The Hall–Kier alpha value is -2.64. The van der Waals surface area contributed by atoms with Gasteiger partial charge in [-0.15, -0.1) is 0 Å². The van der Waals surface area contributed by atoms with E-state index in [4.69, 9.17) is 16.3 Å². The molecule has 1 aliphatic rings. The van der Waals surface area contributed by atoms with E-state index < -0.39 is 18.5 Å². The van der Waals surface area contributed by atoms with Crippen LogP contribution in [-0.4, -0.2) is 61.1 Å². The molecule has 2 heterocycles. The second-order valence-electron chi connectivity index (χ2n) is 6.43. The molecular formula is C20H23ClN4O3. The molecule has 0 saturated carbocycles. The van der Waals surface area contributed by atoms with Crippen molar-refractivity contribution in [3.63, 3.8) is 0 Å². The molecule has 0 radical (unpaired) electrons. The Kier molecular flexibility index (Phi) is 6.84. The lowest BCUT2D eigenvalue weighted by Crippen LogP contribution is -2.46. The molecule has 1 amide bonds. The van der Waals surface area contributed by atoms with Crippen molar-refractivity contribution in [2.24, 2.45) is 0 Å². The highest BCUT2D eigenvalue weighted by Gasteiger charge is 2.16. The fourth-order valence-corrected chi connectivity index (χ4v) is 3.22. The summed E-state index contributed by atoms with van der Waals surface area (Å²) in [4.78, 5) is 32.5. The second kappa shape index (κ2) is 9.52. The van der Waals surface area contributed by atoms with Gasteiger partial charge in [-0.3, -0.25) is 4.79 Å². The number of hydrogen-bond donors (Lipinski definition) is 1. The number of ether oxygens (including phenoxy) is 1. The number of amides is 1. The highest BCUT2D eigenvalue weighted by atomic mass is 35.5. The summed E-state index contributed by atoms with van der Waals surface area (Å²) in [5, 5.41) is 2.76. The van der Waals surface area contributed by atoms with Gasteiger partial charge in [0.1, 0.15) is 5.15 Å². The van der Waals surface area contributed by atoms with E-state index in [0.717, 1.165) is 38.4 Å². The second-order valence-corrected chi connectivity index (χ2v) is 6.79. The lowest BCUT2D eigenvalue weighted by Gasteiger charge is -2.35. The largest absolute Gasteiger partial charge is 0.452 e. The van der Waals surface area contributed by atoms with Crippen LogP contribution in [0.25, 0.3) is 0 Å². The van der Waals surface area contributed by atoms with Crippen LogP contribution >= 0.6 is 11.6 Å². The average Bonchev–Trinajstić information content (AvgIpc) is 2.73. The first-order chi connectivity index (χ1) is 13.6. The number of nitrogens with one attached hydrogen (secondary N) is 1. The van der Waals surface area contributed by atoms with Crippen molar-refractivity contribution in [2.45, 2.75) is 6.92 Å². The molecule has 7 nitrogen and oxygen atoms in total. The number of rotatable bonds is 6. The average molecular weight is 403 g/mol. The van der Waals surface area contributed by atoms with Gasteiger partial charge in [0, 0.05) is 43.8 Å². The number of pyridine rings is 1. The molecule has 1 N–H and O–H groups in total. The Bertz CT molecular complexity index is 820. The Balaban J connectivity index is 1.48. The number of esters is 1. The molecule has 28 heavy (non-hydrogen) atoms. The lowest BCUT2D eigenvalue weighted by atomic mass is 10.2. The molecule has 2 aromatic rings. The number of carbonyl (C=O) groups excluding carboxylic acids is 2. The highest BCUT2D eigenvalue weighted by molar-refractivity contribution is 6.32. The molecule has 1 aromatic carbocycles. The zero-order valence-electron chi connectivity index (χ0n) is 15.7. The molecule has 1 saturated heterocycles. The van der Waals surface area contributed by atoms with E-state index >= 15 is 0 Å². The third kappa shape index (κ3) is 5.21. The van der Waals surface area contributed by atoms with E-state index in [9.17, 15) is 9.59 Å². The van der Waals surface area contributed by atoms with E-state index in [0.29, 0.717) is 5.69 Å². The standard InChI is InChI=1S/C20H23ClN4O3/c1-2-24-10-12-25(13-11-24)16-7-5-15(6-8-16)23-18(26)14-28-20(27)17-4-3-9-22-19(17)21/h3-9H,2,10-14H2,1H3,(H,23,26). The van der Waals surface area contributed by atoms with E-state index in [1.807, 2.05) is 24.3 Å². The van der Waals surface area contributed by atoms with Crippen molar-refractivity contribution in [1.29, 1.82) is 0 Å². The van der Waals surface area contributed by atoms with E-state index in [1.54, 1.807) is 6.07 Å². The number of aromatic nitrogens is 1. The van der Waals surface area contributed by atoms with Gasteiger partial charge in [0.25, 0.3) is 5.91 Å². The summed E-state index contributed by atoms with van der Waals surface area (Å²) in [7, 11) is 0. The number of halogens is 1. The number of benzene rings is 1. The van der Waals surface area contributed by atoms with Crippen molar-refractivity contribution in [2.75, 3.05) is 49.5 Å². The summed E-state index contributed by atoms with van der Waals surface area (Å²) in [6.07, 6.45) is 1.47. The van der Waals surface area contributed by atoms with Crippen LogP contribution in [0.1, 0.15) is 17.3 Å². The zero-order valence-corrected chi connectivity index (χ0v) is 16.5. The van der Waals surface area contributed by atoms with Crippen molar-refractivity contribution in [3.05, 3.63) is 53.3 Å². The van der Waals surface area contributed by atoms with Crippen LogP contribution in [0, 0.1) is 0 Å². The van der Waals surface area contributed by atoms with Gasteiger partial charge >= 0.3 is 5.97 Å². The quantitative estimate of drug-likeness (QED) is 0.591. The van der Waals surface area contributed by atoms with Gasteiger partial charge < -0.3 is 19.9 Å². The Labute approximate surface area is 169 Å². The fraction of sp³-hybridized carbons (Fsp3) is 0.350. The maximum atomic E-state index is 12.0. The van der Waals surface area contributed by atoms with Crippen LogP contribution in [0.3, 0.4) is 0 Å². The van der Waals surface area contributed by atoms with Gasteiger partial charge in [-0.1, -0.05) is 18.5 Å². The summed E-state index contributed by atoms with van der Waals surface area (Å²) in [5.41, 5.74) is 1.91. The molecule has 1 aliphatic heterocycles. The summed E-state index contributed by atoms with van der Waals surface area (Å²) in [5.74, 6) is -1.10. The molecule has 1 aromatic heterocycles. The number of nitrogens with zero attached hydrogens (tertiary/aromatic N) is 3. The van der Waals surface area contributed by atoms with Gasteiger partial charge in [-0.25, -0.2) is 9.78 Å². The Morgan fingerprint density at radius 1 is 1.14 bits per heavy atom. The van der Waals surface area contributed by atoms with Crippen LogP contribution in [-0.2, 0) is 9.53 Å². The molecule has 148 valence electrons. The SMILES string of the molecule is CCN1CCN(c2ccc(NC(=O)COC(=O)c3cccnc3Cl)cc2)CC1. The first kappa shape index (κ1) is 20.1. The summed E-state index contributed by atoms with van der Waals surface area (Å²) in [6, 6.07) is 10.7. The number of piperazine rings is 1. The van der Waals surface area contributed by atoms with Crippen LogP contribution < -0.4 is 10.2 Å². The molecule has 0 atom stereocenters. The minimum absolute atomic E-state index is 0.0447. The number of hydrogen-bond acceptors (Lipinski definition) is 6. The first-order valence-corrected chi connectivity index (χ1v) is 9.59. The van der Waals surface area contributed by atoms with E-state index in [1.165, 1.54) is 12.3 Å². The predicted molar refractivity (Wildman–Crippen MR) is 109 cm³/mol. The zero-order chi connectivity index (χ0) is 19.9. The van der Waals surface area contributed by atoms with E-state index in [2.05, 4.69) is 27.0 Å². The van der Waals surface area contributed by atoms with Gasteiger partial charge in [-0.2, -0.15) is 0 Å². The minimum atomic E-state index is -0.685. The highest BCUT2D eigenvalue weighted by Crippen LogP contribution is 2.19. The van der Waals surface area contributed by atoms with Crippen molar-refractivity contribution >= 4 is 34.9 Å². The van der Waals surface area contributed by atoms with Gasteiger partial charge in [0.15, 0.2) is 6.61 Å². The fourth-order valence-electron chi connectivity index (χ4n) is 3.02. The summed E-state index contributed by atoms with van der Waals surface area (Å²) >= 11 is 5.84. The summed E-state index contributed by atoms with van der Waals surface area (Å²) in [6.45, 7) is 6.96. The third-order valence-corrected chi connectivity index (χ3v) is 4.95. The van der Waals surface area contributed by atoms with Crippen LogP contribution in [0.2, 0.25) is 5.15 Å². The molecule has 1 fully saturated rings. The molecule has 0 aliphatic carbocycles. The molecular weight excluding hydrogens is 380 g/mol. The molecule has 8 heteroatoms. The van der Waals surface area contributed by atoms with Crippen LogP contribution in [0.15, 0.2) is 42.6 Å². The lowest BCUT2D eigenvalue weighted by molar-refractivity contribution is -0.119. The van der Waals surface area contributed by atoms with Crippen molar-refractivity contribution in [3.8, 4) is 0 Å². The maximum Gasteiger partial charge on any atom is 0.341 e. The van der Waals surface area contributed by atoms with Gasteiger partial charge in [0.05, 0.1) is 5.56 Å². The molecule has 0 unspecified atom stereocenters. The molecule has 3 rings (SSSR count). The molecule has 0 bridgehead atoms. The number of carbonyl (C=O) groups is 2. The third-order valence-electron chi connectivity index (χ3n) is 4.65. The van der Waals surface area contributed by atoms with Crippen molar-refractivity contribution < 1.29 is 14.3 Å². The smallest absolute Gasteiger partial charge is 0.341 e. The predicted octanol–water partition coefficient (Wildman–Crippen LogP) is 2.67. The Morgan fingerprint density at radius 2 is 1.86 bits per heavy atom. The summed E-state index contributed by atoms with van der Waals surface area (Å²) < 4.78 is 4.99. The van der Waals surface area contributed by atoms with Gasteiger partial charge in [0.2, 0.25) is 0 Å². The molecule has 0 spiro atoms. The van der Waals surface area contributed by atoms with Gasteiger partial charge in [-0.05, 0) is 42.9 Å². The topological polar surface area (TPSA) is 74.8 Å². The maximum absolute atomic E-state index is 12.0. The van der Waals surface area contributed by atoms with Crippen LogP contribution in [0.5, 0.6) is 0 Å². The first-order valence-electron chi connectivity index (χ1n) is 9.21. The number of anilines is 2. The number of likely N-dealkylation sites (N-methyl/N-ethyl adjacent to an activating group) is 1. The normalized spacial score (nSPS) is 14.6.